The second kappa shape index (κ2) is 7.34. The van der Waals surface area contributed by atoms with Gasteiger partial charge in [-0.25, -0.2) is 0 Å². The summed E-state index contributed by atoms with van der Waals surface area (Å²) in [5.74, 6) is 1.81. The van der Waals surface area contributed by atoms with E-state index in [1.165, 1.54) is 38.5 Å². The third kappa shape index (κ3) is 4.77. The number of carbonyl (C=O) groups excluding carboxylic acids is 1. The van der Waals surface area contributed by atoms with Gasteiger partial charge in [-0.3, -0.25) is 4.79 Å². The summed E-state index contributed by atoms with van der Waals surface area (Å²) in [6.07, 6.45) is 8.89. The fraction of sp³-hybridized carbons (Fsp3) is 0.929. The van der Waals surface area contributed by atoms with Crippen LogP contribution in [-0.2, 0) is 4.79 Å². The lowest BCUT2D eigenvalue weighted by molar-refractivity contribution is -0.125. The number of rotatable bonds is 6. The zero-order valence-electron chi connectivity index (χ0n) is 11.4. The van der Waals surface area contributed by atoms with E-state index in [2.05, 4.69) is 12.2 Å². The minimum atomic E-state index is 0. The monoisotopic (exact) mass is 274 g/mol. The minimum absolute atomic E-state index is 0. The van der Waals surface area contributed by atoms with Crippen LogP contribution in [0.5, 0.6) is 0 Å². The van der Waals surface area contributed by atoms with Crippen molar-refractivity contribution >= 4 is 18.3 Å². The number of nitrogens with two attached hydrogens (primary N) is 1. The summed E-state index contributed by atoms with van der Waals surface area (Å²) in [5, 5.41) is 3.01. The Hall–Kier alpha value is -0.280. The maximum absolute atomic E-state index is 11.9. The van der Waals surface area contributed by atoms with Crippen LogP contribution in [0, 0.1) is 17.8 Å². The van der Waals surface area contributed by atoms with Crippen LogP contribution in [0.15, 0.2) is 0 Å². The Kier molecular flexibility index (Phi) is 6.44. The number of amides is 1. The fourth-order valence-electron chi connectivity index (χ4n) is 2.94. The molecule has 2 fully saturated rings. The average molecular weight is 275 g/mol. The van der Waals surface area contributed by atoms with Gasteiger partial charge in [0.25, 0.3) is 0 Å². The summed E-state index contributed by atoms with van der Waals surface area (Å²) >= 11 is 0. The Morgan fingerprint density at radius 3 is 2.44 bits per heavy atom. The van der Waals surface area contributed by atoms with Gasteiger partial charge in [0.1, 0.15) is 0 Å². The average Bonchev–Trinajstić information content (AvgIpc) is 3.05. The number of hydrogen-bond acceptors (Lipinski definition) is 2. The van der Waals surface area contributed by atoms with Crippen molar-refractivity contribution in [3.05, 3.63) is 0 Å². The lowest BCUT2D eigenvalue weighted by Crippen LogP contribution is -2.40. The van der Waals surface area contributed by atoms with E-state index in [-0.39, 0.29) is 30.3 Å². The highest BCUT2D eigenvalue weighted by atomic mass is 35.5. The molecule has 1 amide bonds. The molecule has 4 heteroatoms. The van der Waals surface area contributed by atoms with Gasteiger partial charge >= 0.3 is 0 Å². The Labute approximate surface area is 117 Å². The maximum atomic E-state index is 11.9. The van der Waals surface area contributed by atoms with Gasteiger partial charge in [0.2, 0.25) is 5.91 Å². The first-order chi connectivity index (χ1) is 8.16. The molecule has 0 bridgehead atoms. The van der Waals surface area contributed by atoms with Crippen molar-refractivity contribution in [2.24, 2.45) is 23.5 Å². The normalized spacial score (nSPS) is 23.2. The van der Waals surface area contributed by atoms with Crippen molar-refractivity contribution in [2.75, 3.05) is 6.54 Å². The largest absolute Gasteiger partial charge is 0.354 e. The number of halogens is 1. The summed E-state index contributed by atoms with van der Waals surface area (Å²) < 4.78 is 0. The molecule has 0 saturated heterocycles. The molecule has 3 nitrogen and oxygen atoms in total. The zero-order valence-corrected chi connectivity index (χ0v) is 12.2. The minimum Gasteiger partial charge on any atom is -0.354 e. The molecular weight excluding hydrogens is 248 g/mol. The van der Waals surface area contributed by atoms with Gasteiger partial charge in [0.05, 0.1) is 0 Å². The van der Waals surface area contributed by atoms with E-state index in [0.29, 0.717) is 12.5 Å². The van der Waals surface area contributed by atoms with E-state index in [4.69, 9.17) is 5.73 Å². The number of carbonyl (C=O) groups is 1. The molecule has 2 rings (SSSR count). The van der Waals surface area contributed by atoms with Crippen LogP contribution in [0.1, 0.15) is 51.9 Å². The molecule has 0 aliphatic heterocycles. The van der Waals surface area contributed by atoms with Gasteiger partial charge in [-0.05, 0) is 31.1 Å². The molecule has 0 heterocycles. The first-order valence-electron chi connectivity index (χ1n) is 7.20. The topological polar surface area (TPSA) is 55.1 Å². The summed E-state index contributed by atoms with van der Waals surface area (Å²) in [7, 11) is 0. The van der Waals surface area contributed by atoms with Gasteiger partial charge in [0.15, 0.2) is 0 Å². The van der Waals surface area contributed by atoms with Gasteiger partial charge in [-0.15, -0.1) is 12.4 Å². The van der Waals surface area contributed by atoms with Gasteiger partial charge in [-0.2, -0.15) is 0 Å². The van der Waals surface area contributed by atoms with Gasteiger partial charge < -0.3 is 11.1 Å². The maximum Gasteiger partial charge on any atom is 0.222 e. The Morgan fingerprint density at radius 1 is 1.28 bits per heavy atom. The van der Waals surface area contributed by atoms with Crippen LogP contribution < -0.4 is 11.1 Å². The molecular formula is C14H27ClN2O. The molecule has 3 N–H and O–H groups in total. The smallest absolute Gasteiger partial charge is 0.222 e. The molecule has 0 aromatic heterocycles. The highest BCUT2D eigenvalue weighted by Gasteiger charge is 2.29. The predicted molar refractivity (Wildman–Crippen MR) is 76.7 cm³/mol. The van der Waals surface area contributed by atoms with Crippen LogP contribution >= 0.6 is 12.4 Å². The van der Waals surface area contributed by atoms with Crippen molar-refractivity contribution in [1.29, 1.82) is 0 Å². The molecule has 2 unspecified atom stereocenters. The SMILES string of the molecule is CC(CC1CCCC1)C(=O)NCC(N)C1CC1.Cl. The highest BCUT2D eigenvalue weighted by molar-refractivity contribution is 5.85. The van der Waals surface area contributed by atoms with Crippen molar-refractivity contribution in [3.63, 3.8) is 0 Å². The highest BCUT2D eigenvalue weighted by Crippen LogP contribution is 2.31. The third-order valence-electron chi connectivity index (χ3n) is 4.35. The Morgan fingerprint density at radius 2 is 1.89 bits per heavy atom. The molecule has 0 aromatic carbocycles. The summed E-state index contributed by atoms with van der Waals surface area (Å²) in [6, 6.07) is 0.178. The van der Waals surface area contributed by atoms with Crippen molar-refractivity contribution in [3.8, 4) is 0 Å². The number of hydrogen-bond donors (Lipinski definition) is 2. The number of nitrogens with one attached hydrogen (secondary N) is 1. The lowest BCUT2D eigenvalue weighted by atomic mass is 9.94. The van der Waals surface area contributed by atoms with Crippen LogP contribution in [0.25, 0.3) is 0 Å². The molecule has 2 aliphatic rings. The first kappa shape index (κ1) is 15.8. The van der Waals surface area contributed by atoms with E-state index < -0.39 is 0 Å². The van der Waals surface area contributed by atoms with Crippen LogP contribution in [0.2, 0.25) is 0 Å². The molecule has 2 aliphatic carbocycles. The first-order valence-corrected chi connectivity index (χ1v) is 7.20. The summed E-state index contributed by atoms with van der Waals surface area (Å²) in [5.41, 5.74) is 5.98. The second-order valence-corrected chi connectivity index (χ2v) is 6.03. The molecule has 18 heavy (non-hydrogen) atoms. The van der Waals surface area contributed by atoms with Gasteiger partial charge in [-0.1, -0.05) is 32.6 Å². The molecule has 2 saturated carbocycles. The van der Waals surface area contributed by atoms with E-state index in [0.717, 1.165) is 12.3 Å². The molecule has 2 atom stereocenters. The lowest BCUT2D eigenvalue weighted by Gasteiger charge is -2.18. The molecule has 0 radical (unpaired) electrons. The van der Waals surface area contributed by atoms with Crippen molar-refractivity contribution in [1.82, 2.24) is 5.32 Å². The van der Waals surface area contributed by atoms with E-state index >= 15 is 0 Å². The standard InChI is InChI=1S/C14H26N2O.ClH/c1-10(8-11-4-2-3-5-11)14(17)16-9-13(15)12-6-7-12;/h10-13H,2-9,15H2,1H3,(H,16,17);1H. The summed E-state index contributed by atoms with van der Waals surface area (Å²) in [4.78, 5) is 11.9. The van der Waals surface area contributed by atoms with Gasteiger partial charge in [0, 0.05) is 18.5 Å². The Bertz CT molecular complexity index is 263. The molecule has 0 aromatic rings. The molecule has 106 valence electrons. The predicted octanol–water partition coefficient (Wildman–Crippen LogP) is 2.48. The quantitative estimate of drug-likeness (QED) is 0.782. The zero-order chi connectivity index (χ0) is 12.3. The van der Waals surface area contributed by atoms with Crippen LogP contribution in [0.3, 0.4) is 0 Å². The molecule has 0 spiro atoms. The van der Waals surface area contributed by atoms with Crippen LogP contribution in [0.4, 0.5) is 0 Å². The van der Waals surface area contributed by atoms with E-state index in [1.807, 2.05) is 0 Å². The van der Waals surface area contributed by atoms with E-state index in [9.17, 15) is 4.79 Å². The van der Waals surface area contributed by atoms with Crippen molar-refractivity contribution in [2.45, 2.75) is 57.9 Å². The van der Waals surface area contributed by atoms with Crippen molar-refractivity contribution < 1.29 is 4.79 Å². The Balaban J connectivity index is 0.00000162. The third-order valence-corrected chi connectivity index (χ3v) is 4.35. The second-order valence-electron chi connectivity index (χ2n) is 6.03. The fourth-order valence-corrected chi connectivity index (χ4v) is 2.94. The van der Waals surface area contributed by atoms with E-state index in [1.54, 1.807) is 0 Å². The van der Waals surface area contributed by atoms with Crippen LogP contribution in [-0.4, -0.2) is 18.5 Å². The summed E-state index contributed by atoms with van der Waals surface area (Å²) in [6.45, 7) is 2.72.